The maximum Gasteiger partial charge on any atom is 0.113 e. The SMILES string of the molecule is CCC1(CC)C=C[C@@]2(CCCC[C@H]2O)O1. The van der Waals surface area contributed by atoms with Crippen LogP contribution in [-0.2, 0) is 4.74 Å². The van der Waals surface area contributed by atoms with Crippen LogP contribution in [-0.4, -0.2) is 22.4 Å². The Hall–Kier alpha value is -0.340. The van der Waals surface area contributed by atoms with Crippen molar-refractivity contribution in [2.75, 3.05) is 0 Å². The lowest BCUT2D eigenvalue weighted by atomic mass is 9.82. The van der Waals surface area contributed by atoms with Gasteiger partial charge < -0.3 is 9.84 Å². The summed E-state index contributed by atoms with van der Waals surface area (Å²) >= 11 is 0. The molecule has 0 aromatic carbocycles. The molecule has 15 heavy (non-hydrogen) atoms. The summed E-state index contributed by atoms with van der Waals surface area (Å²) in [6.45, 7) is 4.31. The van der Waals surface area contributed by atoms with Gasteiger partial charge in [0.1, 0.15) is 5.60 Å². The first-order valence-corrected chi connectivity index (χ1v) is 6.25. The summed E-state index contributed by atoms with van der Waals surface area (Å²) in [5, 5.41) is 10.1. The Morgan fingerprint density at radius 3 is 2.53 bits per heavy atom. The molecule has 0 bridgehead atoms. The lowest BCUT2D eigenvalue weighted by Crippen LogP contribution is -2.47. The second-order valence-corrected chi connectivity index (χ2v) is 4.92. The molecule has 2 heteroatoms. The monoisotopic (exact) mass is 210 g/mol. The smallest absolute Gasteiger partial charge is 0.113 e. The van der Waals surface area contributed by atoms with E-state index >= 15 is 0 Å². The number of hydrogen-bond acceptors (Lipinski definition) is 2. The molecule has 0 unspecified atom stereocenters. The minimum Gasteiger partial charge on any atom is -0.390 e. The Labute approximate surface area is 92.3 Å². The molecule has 1 aliphatic heterocycles. The van der Waals surface area contributed by atoms with Crippen LogP contribution in [0.1, 0.15) is 52.4 Å². The molecule has 1 heterocycles. The number of aliphatic hydroxyl groups excluding tert-OH is 1. The van der Waals surface area contributed by atoms with E-state index in [1.165, 1.54) is 6.42 Å². The largest absolute Gasteiger partial charge is 0.390 e. The zero-order valence-corrected chi connectivity index (χ0v) is 9.83. The summed E-state index contributed by atoms with van der Waals surface area (Å²) in [4.78, 5) is 0. The highest BCUT2D eigenvalue weighted by molar-refractivity contribution is 5.20. The molecule has 0 aromatic rings. The van der Waals surface area contributed by atoms with Gasteiger partial charge in [0.05, 0.1) is 11.7 Å². The molecule has 1 aliphatic carbocycles. The summed E-state index contributed by atoms with van der Waals surface area (Å²) in [5.74, 6) is 0. The van der Waals surface area contributed by atoms with Gasteiger partial charge in [-0.25, -0.2) is 0 Å². The molecule has 1 saturated carbocycles. The van der Waals surface area contributed by atoms with Crippen LogP contribution in [0.4, 0.5) is 0 Å². The van der Waals surface area contributed by atoms with Crippen LogP contribution in [0.3, 0.4) is 0 Å². The molecule has 0 amide bonds. The fourth-order valence-electron chi connectivity index (χ4n) is 2.83. The van der Waals surface area contributed by atoms with Crippen molar-refractivity contribution in [3.05, 3.63) is 12.2 Å². The Balaban J connectivity index is 2.17. The highest BCUT2D eigenvalue weighted by atomic mass is 16.5. The van der Waals surface area contributed by atoms with Gasteiger partial charge in [0.15, 0.2) is 0 Å². The van der Waals surface area contributed by atoms with Gasteiger partial charge in [0, 0.05) is 0 Å². The molecule has 0 saturated heterocycles. The highest BCUT2D eigenvalue weighted by Crippen LogP contribution is 2.44. The zero-order valence-electron chi connectivity index (χ0n) is 9.83. The number of ether oxygens (including phenoxy) is 1. The molecule has 2 atom stereocenters. The first kappa shape index (κ1) is 11.2. The van der Waals surface area contributed by atoms with E-state index in [4.69, 9.17) is 4.74 Å². The Morgan fingerprint density at radius 2 is 2.00 bits per heavy atom. The molecule has 1 spiro atoms. The van der Waals surface area contributed by atoms with Crippen LogP contribution in [0.25, 0.3) is 0 Å². The summed E-state index contributed by atoms with van der Waals surface area (Å²) < 4.78 is 6.23. The fourth-order valence-corrected chi connectivity index (χ4v) is 2.83. The second kappa shape index (κ2) is 3.91. The van der Waals surface area contributed by atoms with Crippen molar-refractivity contribution < 1.29 is 9.84 Å². The van der Waals surface area contributed by atoms with Gasteiger partial charge in [-0.2, -0.15) is 0 Å². The minimum atomic E-state index is -0.357. The van der Waals surface area contributed by atoms with Crippen molar-refractivity contribution in [3.63, 3.8) is 0 Å². The molecule has 86 valence electrons. The van der Waals surface area contributed by atoms with Gasteiger partial charge in [-0.15, -0.1) is 0 Å². The Kier molecular flexibility index (Phi) is 2.91. The molecule has 2 rings (SSSR count). The molecule has 2 aliphatic rings. The van der Waals surface area contributed by atoms with Crippen molar-refractivity contribution in [3.8, 4) is 0 Å². The topological polar surface area (TPSA) is 29.5 Å². The average molecular weight is 210 g/mol. The summed E-state index contributed by atoms with van der Waals surface area (Å²) in [7, 11) is 0. The molecule has 1 N–H and O–H groups in total. The lowest BCUT2D eigenvalue weighted by molar-refractivity contribution is -0.159. The molecule has 0 aromatic heterocycles. The van der Waals surface area contributed by atoms with Gasteiger partial charge in [0.25, 0.3) is 0 Å². The highest BCUT2D eigenvalue weighted by Gasteiger charge is 2.48. The van der Waals surface area contributed by atoms with Crippen LogP contribution in [0.5, 0.6) is 0 Å². The summed E-state index contributed by atoms with van der Waals surface area (Å²) in [5.41, 5.74) is -0.470. The normalized spacial score (nSPS) is 38.7. The van der Waals surface area contributed by atoms with Crippen LogP contribution in [0.2, 0.25) is 0 Å². The maximum atomic E-state index is 10.1. The molecule has 0 radical (unpaired) electrons. The van der Waals surface area contributed by atoms with E-state index in [0.717, 1.165) is 32.1 Å². The first-order valence-electron chi connectivity index (χ1n) is 6.25. The van der Waals surface area contributed by atoms with E-state index in [1.807, 2.05) is 0 Å². The predicted molar refractivity (Wildman–Crippen MR) is 60.7 cm³/mol. The predicted octanol–water partition coefficient (Wildman–Crippen LogP) is 2.81. The third-order valence-electron chi connectivity index (χ3n) is 4.12. The molecular weight excluding hydrogens is 188 g/mol. The Morgan fingerprint density at radius 1 is 1.27 bits per heavy atom. The standard InChI is InChI=1S/C13H22O2/c1-3-12(4-2)9-10-13(15-12)8-6-5-7-11(13)14/h9-11,14H,3-8H2,1-2H3/t11-,13-/m1/s1. The van der Waals surface area contributed by atoms with Crippen LogP contribution >= 0.6 is 0 Å². The first-order chi connectivity index (χ1) is 7.16. The Bertz CT molecular complexity index is 255. The third-order valence-corrected chi connectivity index (χ3v) is 4.12. The van der Waals surface area contributed by atoms with Crippen molar-refractivity contribution in [2.45, 2.75) is 69.7 Å². The van der Waals surface area contributed by atoms with Crippen molar-refractivity contribution in [1.82, 2.24) is 0 Å². The van der Waals surface area contributed by atoms with Crippen LogP contribution < -0.4 is 0 Å². The molecular formula is C13H22O2. The van der Waals surface area contributed by atoms with Crippen molar-refractivity contribution >= 4 is 0 Å². The van der Waals surface area contributed by atoms with E-state index in [0.29, 0.717) is 0 Å². The average Bonchev–Trinajstić information content (AvgIpc) is 2.64. The van der Waals surface area contributed by atoms with Crippen molar-refractivity contribution in [1.29, 1.82) is 0 Å². The number of hydrogen-bond donors (Lipinski definition) is 1. The van der Waals surface area contributed by atoms with Crippen LogP contribution in [0.15, 0.2) is 12.2 Å². The van der Waals surface area contributed by atoms with Gasteiger partial charge in [0.2, 0.25) is 0 Å². The molecule has 1 fully saturated rings. The number of aliphatic hydroxyl groups is 1. The third kappa shape index (κ3) is 1.74. The van der Waals surface area contributed by atoms with Gasteiger partial charge in [-0.05, 0) is 25.7 Å². The van der Waals surface area contributed by atoms with Gasteiger partial charge >= 0.3 is 0 Å². The quantitative estimate of drug-likeness (QED) is 0.710. The van der Waals surface area contributed by atoms with E-state index < -0.39 is 0 Å². The van der Waals surface area contributed by atoms with Gasteiger partial charge in [-0.1, -0.05) is 38.8 Å². The molecule has 2 nitrogen and oxygen atoms in total. The second-order valence-electron chi connectivity index (χ2n) is 4.92. The van der Waals surface area contributed by atoms with E-state index in [9.17, 15) is 5.11 Å². The number of rotatable bonds is 2. The lowest BCUT2D eigenvalue weighted by Gasteiger charge is -2.40. The fraction of sp³-hybridized carbons (Fsp3) is 0.846. The maximum absolute atomic E-state index is 10.1. The van der Waals surface area contributed by atoms with Gasteiger partial charge in [-0.3, -0.25) is 0 Å². The summed E-state index contributed by atoms with van der Waals surface area (Å²) in [6.07, 6.45) is 10.2. The van der Waals surface area contributed by atoms with Crippen molar-refractivity contribution in [2.24, 2.45) is 0 Å². The van der Waals surface area contributed by atoms with E-state index in [-0.39, 0.29) is 17.3 Å². The van der Waals surface area contributed by atoms with E-state index in [1.54, 1.807) is 0 Å². The van der Waals surface area contributed by atoms with Crippen LogP contribution in [0, 0.1) is 0 Å². The zero-order chi connectivity index (χ0) is 10.9. The van der Waals surface area contributed by atoms with E-state index in [2.05, 4.69) is 26.0 Å². The minimum absolute atomic E-state index is 0.113. The summed E-state index contributed by atoms with van der Waals surface area (Å²) in [6, 6.07) is 0.